The summed E-state index contributed by atoms with van der Waals surface area (Å²) in [7, 11) is 3.25. The first kappa shape index (κ1) is 13.3. The van der Waals surface area contributed by atoms with E-state index in [9.17, 15) is 4.39 Å². The van der Waals surface area contributed by atoms with Crippen molar-refractivity contribution in [2.24, 2.45) is 0 Å². The van der Waals surface area contributed by atoms with Crippen molar-refractivity contribution in [3.8, 4) is 5.75 Å². The summed E-state index contributed by atoms with van der Waals surface area (Å²) in [6.45, 7) is 0. The highest BCUT2D eigenvalue weighted by Gasteiger charge is 2.22. The lowest BCUT2D eigenvalue weighted by molar-refractivity contribution is 0.398. The van der Waals surface area contributed by atoms with Gasteiger partial charge < -0.3 is 15.8 Å². The minimum absolute atomic E-state index is 0.345. The van der Waals surface area contributed by atoms with Crippen LogP contribution in [0.1, 0.15) is 17.2 Å². The van der Waals surface area contributed by atoms with Gasteiger partial charge in [0, 0.05) is 23.6 Å². The Morgan fingerprint density at radius 3 is 2.79 bits per heavy atom. The number of aromatic nitrogens is 1. The van der Waals surface area contributed by atoms with Crippen LogP contribution in [0.15, 0.2) is 36.7 Å². The second-order valence-electron chi connectivity index (χ2n) is 4.08. The smallest absolute Gasteiger partial charge is 0.132 e. The number of hydrogen-bond acceptors (Lipinski definition) is 4. The third kappa shape index (κ3) is 2.51. The number of anilines is 1. The highest BCUT2D eigenvalue weighted by atomic mass is 19.1. The molecule has 0 saturated carbocycles. The molecule has 1 unspecified atom stereocenters. The van der Waals surface area contributed by atoms with Gasteiger partial charge in [0.15, 0.2) is 0 Å². The van der Waals surface area contributed by atoms with Crippen LogP contribution >= 0.6 is 0 Å². The van der Waals surface area contributed by atoms with Crippen molar-refractivity contribution in [2.75, 3.05) is 19.9 Å². The van der Waals surface area contributed by atoms with E-state index in [2.05, 4.69) is 10.3 Å². The number of ether oxygens (including phenoxy) is 1. The summed E-state index contributed by atoms with van der Waals surface area (Å²) < 4.78 is 19.3. The van der Waals surface area contributed by atoms with Crippen molar-refractivity contribution in [3.05, 3.63) is 53.6 Å². The number of nitrogens with zero attached hydrogens (tertiary/aromatic N) is 1. The molecule has 2 rings (SSSR count). The van der Waals surface area contributed by atoms with Crippen LogP contribution in [0.2, 0.25) is 0 Å². The third-order valence-corrected chi connectivity index (χ3v) is 3.01. The molecule has 19 heavy (non-hydrogen) atoms. The molecule has 5 heteroatoms. The molecule has 1 aromatic heterocycles. The van der Waals surface area contributed by atoms with Gasteiger partial charge in [-0.3, -0.25) is 4.98 Å². The zero-order chi connectivity index (χ0) is 13.8. The quantitative estimate of drug-likeness (QED) is 0.885. The van der Waals surface area contributed by atoms with Crippen molar-refractivity contribution < 1.29 is 9.13 Å². The first-order valence-electron chi connectivity index (χ1n) is 5.88. The Hall–Kier alpha value is -2.14. The molecule has 1 atom stereocenters. The van der Waals surface area contributed by atoms with E-state index >= 15 is 0 Å². The Bertz CT molecular complexity index is 574. The average Bonchev–Trinajstić information content (AvgIpc) is 2.43. The maximum atomic E-state index is 14.1. The van der Waals surface area contributed by atoms with Gasteiger partial charge in [-0.25, -0.2) is 4.39 Å². The number of nitrogens with two attached hydrogens (primary N) is 1. The lowest BCUT2D eigenvalue weighted by Gasteiger charge is -2.21. The van der Waals surface area contributed by atoms with Gasteiger partial charge in [0.25, 0.3) is 0 Å². The molecule has 0 spiro atoms. The SMILES string of the molecule is CNC(c1cnccc1N)c1c(F)cccc1OC. The molecule has 0 saturated heterocycles. The van der Waals surface area contributed by atoms with Crippen LogP contribution in [-0.2, 0) is 0 Å². The summed E-state index contributed by atoms with van der Waals surface area (Å²) in [6, 6.07) is 6.00. The Morgan fingerprint density at radius 2 is 2.16 bits per heavy atom. The van der Waals surface area contributed by atoms with E-state index in [0.29, 0.717) is 22.6 Å². The first-order valence-corrected chi connectivity index (χ1v) is 5.88. The highest BCUT2D eigenvalue weighted by Crippen LogP contribution is 2.33. The molecule has 2 aromatic rings. The molecule has 0 amide bonds. The molecule has 100 valence electrons. The molecular formula is C14H16FN3O. The zero-order valence-corrected chi connectivity index (χ0v) is 10.9. The summed E-state index contributed by atoms with van der Waals surface area (Å²) in [4.78, 5) is 4.04. The second kappa shape index (κ2) is 5.67. The van der Waals surface area contributed by atoms with Crippen molar-refractivity contribution in [3.63, 3.8) is 0 Å². The third-order valence-electron chi connectivity index (χ3n) is 3.01. The number of rotatable bonds is 4. The van der Waals surface area contributed by atoms with E-state index in [1.807, 2.05) is 0 Å². The first-order chi connectivity index (χ1) is 9.19. The number of nitrogens with one attached hydrogen (secondary N) is 1. The summed E-state index contributed by atoms with van der Waals surface area (Å²) in [5.74, 6) is 0.129. The monoisotopic (exact) mass is 261 g/mol. The van der Waals surface area contributed by atoms with Gasteiger partial charge in [0.1, 0.15) is 11.6 Å². The molecule has 3 N–H and O–H groups in total. The molecule has 0 radical (unpaired) electrons. The molecule has 1 heterocycles. The lowest BCUT2D eigenvalue weighted by Crippen LogP contribution is -2.21. The number of nitrogen functional groups attached to an aromatic ring is 1. The van der Waals surface area contributed by atoms with Crippen molar-refractivity contribution in [1.82, 2.24) is 10.3 Å². The van der Waals surface area contributed by atoms with Crippen LogP contribution in [0.4, 0.5) is 10.1 Å². The van der Waals surface area contributed by atoms with Crippen LogP contribution in [0.25, 0.3) is 0 Å². The standard InChI is InChI=1S/C14H16FN3O/c1-17-14(9-8-18-7-6-11(9)16)13-10(15)4-3-5-12(13)19-2/h3-8,14,17H,1-2H3,(H2,16,18). The van der Waals surface area contributed by atoms with Gasteiger partial charge in [-0.05, 0) is 25.2 Å². The van der Waals surface area contributed by atoms with Crippen molar-refractivity contribution in [2.45, 2.75) is 6.04 Å². The summed E-state index contributed by atoms with van der Waals surface area (Å²) >= 11 is 0. The van der Waals surface area contributed by atoms with Gasteiger partial charge in [-0.2, -0.15) is 0 Å². The van der Waals surface area contributed by atoms with E-state index in [1.165, 1.54) is 13.2 Å². The number of benzene rings is 1. The van der Waals surface area contributed by atoms with Crippen LogP contribution in [0.5, 0.6) is 5.75 Å². The fraction of sp³-hybridized carbons (Fsp3) is 0.214. The van der Waals surface area contributed by atoms with E-state index in [1.54, 1.807) is 37.6 Å². The van der Waals surface area contributed by atoms with Crippen molar-refractivity contribution in [1.29, 1.82) is 0 Å². The predicted octanol–water partition coefficient (Wildman–Crippen LogP) is 2.12. The molecule has 0 aliphatic heterocycles. The maximum absolute atomic E-state index is 14.1. The van der Waals surface area contributed by atoms with Crippen LogP contribution < -0.4 is 15.8 Å². The Balaban J connectivity index is 2.58. The molecule has 0 aliphatic carbocycles. The van der Waals surface area contributed by atoms with Gasteiger partial charge >= 0.3 is 0 Å². The predicted molar refractivity (Wildman–Crippen MR) is 72.5 cm³/mol. The Kier molecular flexibility index (Phi) is 3.97. The molecule has 1 aromatic carbocycles. The van der Waals surface area contributed by atoms with Crippen LogP contribution in [0.3, 0.4) is 0 Å². The number of pyridine rings is 1. The summed E-state index contributed by atoms with van der Waals surface area (Å²) in [5, 5.41) is 3.05. The van der Waals surface area contributed by atoms with E-state index in [-0.39, 0.29) is 5.82 Å². The van der Waals surface area contributed by atoms with Crippen LogP contribution in [0, 0.1) is 5.82 Å². The fourth-order valence-corrected chi connectivity index (χ4v) is 2.09. The Labute approximate surface area is 111 Å². The molecular weight excluding hydrogens is 245 g/mol. The average molecular weight is 261 g/mol. The van der Waals surface area contributed by atoms with E-state index in [4.69, 9.17) is 10.5 Å². The minimum atomic E-state index is -0.412. The number of hydrogen-bond donors (Lipinski definition) is 2. The van der Waals surface area contributed by atoms with Crippen molar-refractivity contribution >= 4 is 5.69 Å². The summed E-state index contributed by atoms with van der Waals surface area (Å²) in [6.07, 6.45) is 3.23. The number of methoxy groups -OCH3 is 1. The second-order valence-corrected chi connectivity index (χ2v) is 4.08. The Morgan fingerprint density at radius 1 is 1.37 bits per heavy atom. The lowest BCUT2D eigenvalue weighted by atomic mass is 9.97. The van der Waals surface area contributed by atoms with E-state index < -0.39 is 6.04 Å². The number of halogens is 1. The molecule has 4 nitrogen and oxygen atoms in total. The van der Waals surface area contributed by atoms with Crippen LogP contribution in [-0.4, -0.2) is 19.1 Å². The van der Waals surface area contributed by atoms with Gasteiger partial charge in [0.2, 0.25) is 0 Å². The largest absolute Gasteiger partial charge is 0.496 e. The molecule has 0 aliphatic rings. The normalized spacial score (nSPS) is 12.2. The van der Waals surface area contributed by atoms with Gasteiger partial charge in [0.05, 0.1) is 18.7 Å². The zero-order valence-electron chi connectivity index (χ0n) is 10.9. The topological polar surface area (TPSA) is 60.2 Å². The molecule has 0 bridgehead atoms. The molecule has 0 fully saturated rings. The highest BCUT2D eigenvalue weighted by molar-refractivity contribution is 5.52. The maximum Gasteiger partial charge on any atom is 0.132 e. The van der Waals surface area contributed by atoms with E-state index in [0.717, 1.165) is 0 Å². The van der Waals surface area contributed by atoms with Gasteiger partial charge in [-0.15, -0.1) is 0 Å². The fourth-order valence-electron chi connectivity index (χ4n) is 2.09. The summed E-state index contributed by atoms with van der Waals surface area (Å²) in [5.41, 5.74) is 7.63. The van der Waals surface area contributed by atoms with Gasteiger partial charge in [-0.1, -0.05) is 6.07 Å². The minimum Gasteiger partial charge on any atom is -0.496 e.